The molecule has 0 saturated heterocycles. The minimum Gasteiger partial charge on any atom is -0.347 e. The van der Waals surface area contributed by atoms with Crippen molar-refractivity contribution >= 4 is 17.2 Å². The number of aromatic nitrogens is 2. The minimum atomic E-state index is -0.130. The summed E-state index contributed by atoms with van der Waals surface area (Å²) in [7, 11) is 0. The fourth-order valence-corrected chi connectivity index (χ4v) is 2.29. The minimum absolute atomic E-state index is 0.130. The molecule has 5 nitrogen and oxygen atoms in total. The Morgan fingerprint density at radius 2 is 2.47 bits per heavy atom. The number of nitrogens with two attached hydrogens (primary N) is 1. The smallest absolute Gasteiger partial charge is 0.255 e. The van der Waals surface area contributed by atoms with Crippen LogP contribution >= 0.6 is 11.3 Å². The van der Waals surface area contributed by atoms with Crippen LogP contribution in [0.5, 0.6) is 0 Å². The van der Waals surface area contributed by atoms with Gasteiger partial charge in [-0.05, 0) is 13.0 Å². The van der Waals surface area contributed by atoms with Crippen molar-refractivity contribution in [2.45, 2.75) is 13.5 Å². The summed E-state index contributed by atoms with van der Waals surface area (Å²) >= 11 is 1.56. The molecule has 19 heavy (non-hydrogen) atoms. The van der Waals surface area contributed by atoms with E-state index in [4.69, 9.17) is 5.73 Å². The Morgan fingerprint density at radius 3 is 3.16 bits per heavy atom. The molecule has 4 N–H and O–H groups in total. The molecule has 0 aromatic carbocycles. The van der Waals surface area contributed by atoms with Crippen LogP contribution in [0, 0.1) is 18.8 Å². The Morgan fingerprint density at radius 1 is 1.63 bits per heavy atom. The van der Waals surface area contributed by atoms with Gasteiger partial charge in [-0.3, -0.25) is 9.89 Å². The largest absolute Gasteiger partial charge is 0.347 e. The summed E-state index contributed by atoms with van der Waals surface area (Å²) in [4.78, 5) is 12.9. The Balaban J connectivity index is 1.94. The summed E-state index contributed by atoms with van der Waals surface area (Å²) in [5.74, 6) is 5.62. The zero-order chi connectivity index (χ0) is 13.7. The molecule has 0 aliphatic heterocycles. The number of carbonyl (C=O) groups excluding carboxylic acids is 1. The van der Waals surface area contributed by atoms with E-state index in [1.807, 2.05) is 18.4 Å². The predicted molar refractivity (Wildman–Crippen MR) is 74.7 cm³/mol. The molecule has 6 heteroatoms. The van der Waals surface area contributed by atoms with Gasteiger partial charge in [0.25, 0.3) is 5.91 Å². The monoisotopic (exact) mass is 274 g/mol. The van der Waals surface area contributed by atoms with Gasteiger partial charge >= 0.3 is 0 Å². The van der Waals surface area contributed by atoms with Crippen LogP contribution in [0.1, 0.15) is 26.5 Å². The molecule has 2 aromatic heterocycles. The molecule has 0 bridgehead atoms. The van der Waals surface area contributed by atoms with Crippen molar-refractivity contribution in [3.05, 3.63) is 39.3 Å². The molecule has 98 valence electrons. The third-order valence-electron chi connectivity index (χ3n) is 2.49. The number of carbonyl (C=O) groups is 1. The third kappa shape index (κ3) is 3.44. The van der Waals surface area contributed by atoms with E-state index in [2.05, 4.69) is 27.4 Å². The van der Waals surface area contributed by atoms with Crippen molar-refractivity contribution in [3.8, 4) is 11.8 Å². The van der Waals surface area contributed by atoms with Crippen molar-refractivity contribution < 1.29 is 4.79 Å². The summed E-state index contributed by atoms with van der Waals surface area (Å²) < 4.78 is 0. The molecule has 0 saturated carbocycles. The first-order chi connectivity index (χ1) is 9.20. The molecule has 0 radical (unpaired) electrons. The quantitative estimate of drug-likeness (QED) is 0.731. The average molecular weight is 274 g/mol. The third-order valence-corrected chi connectivity index (χ3v) is 3.42. The lowest BCUT2D eigenvalue weighted by Gasteiger charge is -2.01. The molecular weight excluding hydrogens is 260 g/mol. The van der Waals surface area contributed by atoms with Gasteiger partial charge in [-0.2, -0.15) is 5.10 Å². The van der Waals surface area contributed by atoms with E-state index in [0.29, 0.717) is 18.7 Å². The van der Waals surface area contributed by atoms with Gasteiger partial charge in [0, 0.05) is 21.5 Å². The van der Waals surface area contributed by atoms with E-state index in [9.17, 15) is 4.79 Å². The van der Waals surface area contributed by atoms with Crippen LogP contribution < -0.4 is 11.1 Å². The predicted octanol–water partition coefficient (Wildman–Crippen LogP) is 1.02. The van der Waals surface area contributed by atoms with Gasteiger partial charge in [0.15, 0.2) is 0 Å². The van der Waals surface area contributed by atoms with E-state index < -0.39 is 0 Å². The highest BCUT2D eigenvalue weighted by Crippen LogP contribution is 2.13. The van der Waals surface area contributed by atoms with Gasteiger partial charge in [0.05, 0.1) is 24.8 Å². The maximum Gasteiger partial charge on any atom is 0.255 e. The van der Waals surface area contributed by atoms with Crippen LogP contribution in [0.3, 0.4) is 0 Å². The lowest BCUT2D eigenvalue weighted by molar-refractivity contribution is 0.0951. The van der Waals surface area contributed by atoms with Crippen molar-refractivity contribution in [2.24, 2.45) is 5.73 Å². The number of H-pyrrole nitrogens is 1. The second kappa shape index (κ2) is 6.18. The normalized spacial score (nSPS) is 9.79. The summed E-state index contributed by atoms with van der Waals surface area (Å²) in [6, 6.07) is 1.95. The van der Waals surface area contributed by atoms with Gasteiger partial charge in [0.2, 0.25) is 0 Å². The lowest BCUT2D eigenvalue weighted by atomic mass is 10.2. The van der Waals surface area contributed by atoms with Gasteiger partial charge in [-0.15, -0.1) is 11.3 Å². The van der Waals surface area contributed by atoms with Gasteiger partial charge in [0.1, 0.15) is 0 Å². The van der Waals surface area contributed by atoms with Crippen molar-refractivity contribution in [2.75, 3.05) is 6.54 Å². The van der Waals surface area contributed by atoms with E-state index in [1.165, 1.54) is 6.20 Å². The first-order valence-corrected chi connectivity index (χ1v) is 6.63. The zero-order valence-electron chi connectivity index (χ0n) is 10.5. The SMILES string of the molecule is Cc1[nH]ncc1C(=O)NCc1cc(C#CCN)cs1. The number of hydrogen-bond donors (Lipinski definition) is 3. The maximum atomic E-state index is 11.9. The van der Waals surface area contributed by atoms with Gasteiger partial charge in [-0.1, -0.05) is 11.8 Å². The summed E-state index contributed by atoms with van der Waals surface area (Å²) in [5.41, 5.74) is 7.58. The number of aromatic amines is 1. The Bertz CT molecular complexity index is 632. The number of amides is 1. The Kier molecular flexibility index (Phi) is 4.34. The van der Waals surface area contributed by atoms with Crippen molar-refractivity contribution in [3.63, 3.8) is 0 Å². The standard InChI is InChI=1S/C13H14N4OS/c1-9-12(7-16-17-9)13(18)15-6-11-5-10(8-19-11)3-2-4-14/h5,7-8H,4,6,14H2,1H3,(H,15,18)(H,16,17). The van der Waals surface area contributed by atoms with E-state index in [-0.39, 0.29) is 5.91 Å². The average Bonchev–Trinajstić information content (AvgIpc) is 3.02. The maximum absolute atomic E-state index is 11.9. The Hall–Kier alpha value is -2.10. The Labute approximate surface area is 115 Å². The molecule has 2 aromatic rings. The molecular formula is C13H14N4OS. The highest BCUT2D eigenvalue weighted by atomic mass is 32.1. The number of thiophene rings is 1. The molecule has 0 aliphatic rings. The molecule has 0 spiro atoms. The van der Waals surface area contributed by atoms with Gasteiger partial charge < -0.3 is 11.1 Å². The molecule has 0 unspecified atom stereocenters. The number of rotatable bonds is 3. The fourth-order valence-electron chi connectivity index (χ4n) is 1.53. The van der Waals surface area contributed by atoms with Crippen LogP contribution in [0.4, 0.5) is 0 Å². The number of nitrogens with one attached hydrogen (secondary N) is 2. The molecule has 2 rings (SSSR count). The van der Waals surface area contributed by atoms with Crippen LogP contribution in [0.25, 0.3) is 0 Å². The van der Waals surface area contributed by atoms with E-state index in [1.54, 1.807) is 11.3 Å². The second-order valence-corrected chi connectivity index (χ2v) is 4.89. The number of nitrogens with zero attached hydrogens (tertiary/aromatic N) is 1. The van der Waals surface area contributed by atoms with Crippen molar-refractivity contribution in [1.82, 2.24) is 15.5 Å². The zero-order valence-corrected chi connectivity index (χ0v) is 11.3. The summed E-state index contributed by atoms with van der Waals surface area (Å²) in [6.45, 7) is 2.65. The molecule has 0 atom stereocenters. The van der Waals surface area contributed by atoms with E-state index in [0.717, 1.165) is 16.1 Å². The van der Waals surface area contributed by atoms with Gasteiger partial charge in [-0.25, -0.2) is 0 Å². The van der Waals surface area contributed by atoms with E-state index >= 15 is 0 Å². The van der Waals surface area contributed by atoms with Crippen LogP contribution in [0.2, 0.25) is 0 Å². The van der Waals surface area contributed by atoms with Crippen LogP contribution in [-0.4, -0.2) is 22.6 Å². The van der Waals surface area contributed by atoms with Crippen LogP contribution in [0.15, 0.2) is 17.6 Å². The highest BCUT2D eigenvalue weighted by Gasteiger charge is 2.10. The summed E-state index contributed by atoms with van der Waals surface area (Å²) in [6.07, 6.45) is 1.53. The molecule has 0 aliphatic carbocycles. The lowest BCUT2D eigenvalue weighted by Crippen LogP contribution is -2.22. The topological polar surface area (TPSA) is 83.8 Å². The number of hydrogen-bond acceptors (Lipinski definition) is 4. The van der Waals surface area contributed by atoms with Crippen molar-refractivity contribution in [1.29, 1.82) is 0 Å². The first-order valence-electron chi connectivity index (χ1n) is 5.75. The summed E-state index contributed by atoms with van der Waals surface area (Å²) in [5, 5.41) is 11.4. The molecule has 1 amide bonds. The van der Waals surface area contributed by atoms with Crippen LogP contribution in [-0.2, 0) is 6.54 Å². The molecule has 2 heterocycles. The second-order valence-electron chi connectivity index (χ2n) is 3.90. The first kappa shape index (κ1) is 13.3. The molecule has 0 fully saturated rings. The number of aryl methyl sites for hydroxylation is 1. The fraction of sp³-hybridized carbons (Fsp3) is 0.231. The highest BCUT2D eigenvalue weighted by molar-refractivity contribution is 7.10.